The Hall–Kier alpha value is -1.38. The van der Waals surface area contributed by atoms with Crippen molar-refractivity contribution in [3.63, 3.8) is 0 Å². The normalized spacial score (nSPS) is 13.2. The smallest absolute Gasteiger partial charge is 0.197 e. The van der Waals surface area contributed by atoms with Gasteiger partial charge in [-0.25, -0.2) is 4.98 Å². The van der Waals surface area contributed by atoms with Crippen molar-refractivity contribution in [2.24, 2.45) is 12.8 Å². The molecule has 0 spiro atoms. The Bertz CT molecular complexity index is 695. The average Bonchev–Trinajstić information content (AvgIpc) is 3.00. The van der Waals surface area contributed by atoms with Gasteiger partial charge >= 0.3 is 0 Å². The number of thiazole rings is 1. The molecule has 0 amide bonds. The highest BCUT2D eigenvalue weighted by atomic mass is 32.2. The van der Waals surface area contributed by atoms with Crippen LogP contribution < -0.4 is 5.73 Å². The van der Waals surface area contributed by atoms with E-state index in [0.717, 1.165) is 27.3 Å². The second-order valence-corrected chi connectivity index (χ2v) is 6.26. The fraction of sp³-hybridized carbons (Fsp3) is 0.364. The molecule has 2 N–H and O–H groups in total. The first kappa shape index (κ1) is 12.6. The van der Waals surface area contributed by atoms with Crippen molar-refractivity contribution in [2.45, 2.75) is 29.6 Å². The lowest BCUT2D eigenvalue weighted by Gasteiger charge is -2.06. The van der Waals surface area contributed by atoms with Gasteiger partial charge in [-0.1, -0.05) is 0 Å². The number of fused-ring (bicyclic) bond motifs is 1. The molecule has 6 nitrogen and oxygen atoms in total. The zero-order chi connectivity index (χ0) is 13.4. The lowest BCUT2D eigenvalue weighted by Crippen LogP contribution is -2.19. The van der Waals surface area contributed by atoms with E-state index in [-0.39, 0.29) is 6.04 Å². The summed E-state index contributed by atoms with van der Waals surface area (Å²) in [4.78, 5) is 5.64. The summed E-state index contributed by atoms with van der Waals surface area (Å²) in [5.74, 6) is 0. The van der Waals surface area contributed by atoms with Crippen molar-refractivity contribution in [3.8, 4) is 0 Å². The second kappa shape index (κ2) is 4.95. The molecule has 3 aromatic heterocycles. The SMILES string of the molecule is CC(N)Cc1c(Sc2nncn2C)nc2sccn12. The molecule has 3 rings (SSSR count). The van der Waals surface area contributed by atoms with E-state index in [4.69, 9.17) is 5.73 Å². The number of nitrogens with zero attached hydrogens (tertiary/aromatic N) is 5. The highest BCUT2D eigenvalue weighted by molar-refractivity contribution is 7.99. The minimum absolute atomic E-state index is 0.0960. The minimum atomic E-state index is 0.0960. The molecule has 0 fully saturated rings. The summed E-state index contributed by atoms with van der Waals surface area (Å²) in [6.07, 6.45) is 4.51. The zero-order valence-corrected chi connectivity index (χ0v) is 12.3. The van der Waals surface area contributed by atoms with Crippen LogP contribution in [0.3, 0.4) is 0 Å². The van der Waals surface area contributed by atoms with Crippen LogP contribution in [0.1, 0.15) is 12.6 Å². The molecule has 0 radical (unpaired) electrons. The number of rotatable bonds is 4. The Kier molecular flexibility index (Phi) is 3.29. The second-order valence-electron chi connectivity index (χ2n) is 4.43. The van der Waals surface area contributed by atoms with Gasteiger partial charge in [0.05, 0.1) is 5.69 Å². The molecule has 0 aliphatic heterocycles. The quantitative estimate of drug-likeness (QED) is 0.790. The minimum Gasteiger partial charge on any atom is -0.328 e. The van der Waals surface area contributed by atoms with Crippen LogP contribution in [-0.4, -0.2) is 30.2 Å². The van der Waals surface area contributed by atoms with E-state index >= 15 is 0 Å². The first-order valence-electron chi connectivity index (χ1n) is 5.87. The van der Waals surface area contributed by atoms with Gasteiger partial charge in [-0.05, 0) is 18.7 Å². The molecule has 3 heterocycles. The van der Waals surface area contributed by atoms with E-state index in [1.807, 2.05) is 30.1 Å². The van der Waals surface area contributed by atoms with Gasteiger partial charge in [-0.3, -0.25) is 4.40 Å². The first-order valence-corrected chi connectivity index (χ1v) is 7.56. The number of hydrogen-bond donors (Lipinski definition) is 1. The molecular weight excluding hydrogens is 280 g/mol. The molecule has 0 aliphatic rings. The fourth-order valence-corrected chi connectivity index (χ4v) is 3.51. The average molecular weight is 294 g/mol. The Morgan fingerprint density at radius 2 is 2.37 bits per heavy atom. The summed E-state index contributed by atoms with van der Waals surface area (Å²) in [6, 6.07) is 0.0960. The van der Waals surface area contributed by atoms with Gasteiger partial charge in [0.2, 0.25) is 0 Å². The van der Waals surface area contributed by atoms with Crippen LogP contribution >= 0.6 is 23.1 Å². The third-order valence-electron chi connectivity index (χ3n) is 2.70. The molecule has 0 bridgehead atoms. The Balaban J connectivity index is 2.02. The summed E-state index contributed by atoms with van der Waals surface area (Å²) in [7, 11) is 1.92. The van der Waals surface area contributed by atoms with Crippen LogP contribution in [0.15, 0.2) is 28.1 Å². The molecule has 1 atom stereocenters. The predicted octanol–water partition coefficient (Wildman–Crippen LogP) is 1.57. The topological polar surface area (TPSA) is 74.0 Å². The first-order chi connectivity index (χ1) is 9.15. The van der Waals surface area contributed by atoms with Crippen LogP contribution in [0.25, 0.3) is 4.96 Å². The van der Waals surface area contributed by atoms with Gasteiger partial charge in [0.1, 0.15) is 11.4 Å². The molecule has 0 saturated heterocycles. The lowest BCUT2D eigenvalue weighted by atomic mass is 10.2. The largest absolute Gasteiger partial charge is 0.328 e. The third-order valence-corrected chi connectivity index (χ3v) is 4.53. The van der Waals surface area contributed by atoms with E-state index in [2.05, 4.69) is 19.6 Å². The maximum Gasteiger partial charge on any atom is 0.197 e. The summed E-state index contributed by atoms with van der Waals surface area (Å²) >= 11 is 3.15. The van der Waals surface area contributed by atoms with Crippen LogP contribution in [0.4, 0.5) is 0 Å². The van der Waals surface area contributed by atoms with Crippen LogP contribution in [0, 0.1) is 0 Å². The summed E-state index contributed by atoms with van der Waals surface area (Å²) in [5, 5.41) is 11.8. The third kappa shape index (κ3) is 2.38. The Morgan fingerprint density at radius 3 is 3.05 bits per heavy atom. The fourth-order valence-electron chi connectivity index (χ4n) is 1.84. The van der Waals surface area contributed by atoms with Crippen molar-refractivity contribution in [1.29, 1.82) is 0 Å². The van der Waals surface area contributed by atoms with Gasteiger partial charge in [0.25, 0.3) is 0 Å². The lowest BCUT2D eigenvalue weighted by molar-refractivity contribution is 0.705. The molecule has 19 heavy (non-hydrogen) atoms. The molecule has 0 aromatic carbocycles. The highest BCUT2D eigenvalue weighted by Crippen LogP contribution is 2.30. The van der Waals surface area contributed by atoms with E-state index in [9.17, 15) is 0 Å². The van der Waals surface area contributed by atoms with Crippen molar-refractivity contribution < 1.29 is 0 Å². The van der Waals surface area contributed by atoms with Gasteiger partial charge in [-0.15, -0.1) is 21.5 Å². The molecule has 0 aliphatic carbocycles. The monoisotopic (exact) mass is 294 g/mol. The van der Waals surface area contributed by atoms with Crippen molar-refractivity contribution in [1.82, 2.24) is 24.1 Å². The summed E-state index contributed by atoms with van der Waals surface area (Å²) in [5.41, 5.74) is 7.07. The predicted molar refractivity (Wildman–Crippen MR) is 75.5 cm³/mol. The maximum atomic E-state index is 5.94. The van der Waals surface area contributed by atoms with Gasteiger partial charge < -0.3 is 10.3 Å². The van der Waals surface area contributed by atoms with Crippen LogP contribution in [0.2, 0.25) is 0 Å². The molecule has 0 saturated carbocycles. The van der Waals surface area contributed by atoms with Crippen LogP contribution in [-0.2, 0) is 13.5 Å². The zero-order valence-electron chi connectivity index (χ0n) is 10.6. The number of aromatic nitrogens is 5. The Morgan fingerprint density at radius 1 is 1.53 bits per heavy atom. The number of hydrogen-bond acceptors (Lipinski definition) is 6. The highest BCUT2D eigenvalue weighted by Gasteiger charge is 2.17. The number of aryl methyl sites for hydroxylation is 1. The van der Waals surface area contributed by atoms with Crippen molar-refractivity contribution in [3.05, 3.63) is 23.6 Å². The van der Waals surface area contributed by atoms with Gasteiger partial charge in [0.15, 0.2) is 10.1 Å². The van der Waals surface area contributed by atoms with Gasteiger partial charge in [-0.2, -0.15) is 0 Å². The summed E-state index contributed by atoms with van der Waals surface area (Å²) in [6.45, 7) is 2.00. The summed E-state index contributed by atoms with van der Waals surface area (Å²) < 4.78 is 3.99. The van der Waals surface area contributed by atoms with E-state index < -0.39 is 0 Å². The molecular formula is C11H14N6S2. The molecule has 8 heteroatoms. The Labute approximate surface area is 118 Å². The maximum absolute atomic E-state index is 5.94. The number of nitrogens with two attached hydrogens (primary N) is 1. The van der Waals surface area contributed by atoms with Crippen LogP contribution in [0.5, 0.6) is 0 Å². The molecule has 1 unspecified atom stereocenters. The molecule has 3 aromatic rings. The van der Waals surface area contributed by atoms with E-state index in [0.29, 0.717) is 0 Å². The van der Waals surface area contributed by atoms with E-state index in [1.54, 1.807) is 17.7 Å². The van der Waals surface area contributed by atoms with Crippen molar-refractivity contribution in [2.75, 3.05) is 0 Å². The molecule has 100 valence electrons. The van der Waals surface area contributed by atoms with Crippen molar-refractivity contribution >= 4 is 28.1 Å². The standard InChI is InChI=1S/C11H14N6S2/c1-7(12)5-8-9(14-10-17(8)3-4-18-10)19-11-15-13-6-16(11)2/h3-4,6-7H,5,12H2,1-2H3. The number of imidazole rings is 1. The van der Waals surface area contributed by atoms with E-state index in [1.165, 1.54) is 11.8 Å². The van der Waals surface area contributed by atoms with Gasteiger partial charge in [0, 0.05) is 31.1 Å².